The zero-order chi connectivity index (χ0) is 14.7. The molecule has 0 spiro atoms. The molecule has 0 radical (unpaired) electrons. The average Bonchev–Trinajstić information content (AvgIpc) is 2.78. The number of hydrogen-bond donors (Lipinski definition) is 1. The molecule has 8 heteroatoms. The Balaban J connectivity index is 2.22. The van der Waals surface area contributed by atoms with E-state index in [1.54, 1.807) is 6.92 Å². The summed E-state index contributed by atoms with van der Waals surface area (Å²) in [6, 6.07) is 5.37. The van der Waals surface area contributed by atoms with Crippen molar-refractivity contribution in [3.05, 3.63) is 40.7 Å². The van der Waals surface area contributed by atoms with Crippen molar-refractivity contribution in [3.63, 3.8) is 0 Å². The van der Waals surface area contributed by atoms with Gasteiger partial charge in [-0.1, -0.05) is 16.8 Å². The Kier molecular flexibility index (Phi) is 4.19. The number of halogens is 3. The summed E-state index contributed by atoms with van der Waals surface area (Å²) in [5.74, 6) is -0.912. The van der Waals surface area contributed by atoms with Crippen LogP contribution >= 0.6 is 11.6 Å². The van der Waals surface area contributed by atoms with E-state index in [0.29, 0.717) is 5.69 Å². The standard InChI is InChI=1S/C12H9ClF2N2O3/c1-6-4-10(20-17-6)11(18)16-8-3-2-7(13)5-9(8)19-12(14)15/h2-5,12H,1H3,(H,16,18). The van der Waals surface area contributed by atoms with Gasteiger partial charge < -0.3 is 14.6 Å². The topological polar surface area (TPSA) is 64.4 Å². The van der Waals surface area contributed by atoms with E-state index in [0.717, 1.165) is 0 Å². The third kappa shape index (κ3) is 3.45. The SMILES string of the molecule is Cc1cc(C(=O)Nc2ccc(Cl)cc2OC(F)F)on1. The van der Waals surface area contributed by atoms with Crippen LogP contribution in [0.5, 0.6) is 5.75 Å². The van der Waals surface area contributed by atoms with E-state index in [1.165, 1.54) is 24.3 Å². The van der Waals surface area contributed by atoms with Crippen molar-refractivity contribution in [2.75, 3.05) is 5.32 Å². The smallest absolute Gasteiger partial charge is 0.387 e. The van der Waals surface area contributed by atoms with Crippen LogP contribution in [0.25, 0.3) is 0 Å². The van der Waals surface area contributed by atoms with Crippen LogP contribution in [0.1, 0.15) is 16.2 Å². The van der Waals surface area contributed by atoms with Gasteiger partial charge in [0.15, 0.2) is 5.75 Å². The Hall–Kier alpha value is -2.15. The normalized spacial score (nSPS) is 10.7. The third-order valence-corrected chi connectivity index (χ3v) is 2.49. The molecule has 0 saturated heterocycles. The van der Waals surface area contributed by atoms with Crippen molar-refractivity contribution in [2.45, 2.75) is 13.5 Å². The third-order valence-electron chi connectivity index (χ3n) is 2.26. The van der Waals surface area contributed by atoms with E-state index in [1.807, 2.05) is 0 Å². The Labute approximate surface area is 117 Å². The number of ether oxygens (including phenoxy) is 1. The molecule has 1 N–H and O–H groups in total. The van der Waals surface area contributed by atoms with Gasteiger partial charge in [-0.15, -0.1) is 0 Å². The summed E-state index contributed by atoms with van der Waals surface area (Å²) < 4.78 is 33.6. The molecule has 5 nitrogen and oxygen atoms in total. The molecule has 0 aliphatic rings. The molecule has 0 atom stereocenters. The lowest BCUT2D eigenvalue weighted by molar-refractivity contribution is -0.0493. The lowest BCUT2D eigenvalue weighted by Gasteiger charge is -2.11. The molecule has 1 aromatic carbocycles. The summed E-state index contributed by atoms with van der Waals surface area (Å²) in [7, 11) is 0. The van der Waals surface area contributed by atoms with E-state index >= 15 is 0 Å². The molecule has 0 bridgehead atoms. The zero-order valence-electron chi connectivity index (χ0n) is 10.2. The predicted molar refractivity (Wildman–Crippen MR) is 67.3 cm³/mol. The number of aromatic nitrogens is 1. The largest absolute Gasteiger partial charge is 0.433 e. The van der Waals surface area contributed by atoms with Crippen LogP contribution in [0, 0.1) is 6.92 Å². The minimum absolute atomic E-state index is 0.0413. The Morgan fingerprint density at radius 3 is 2.80 bits per heavy atom. The lowest BCUT2D eigenvalue weighted by atomic mass is 10.2. The van der Waals surface area contributed by atoms with Crippen molar-refractivity contribution in [1.82, 2.24) is 5.16 Å². The average molecular weight is 303 g/mol. The summed E-state index contributed by atoms with van der Waals surface area (Å²) in [6.45, 7) is -1.38. The maximum absolute atomic E-state index is 12.3. The molecule has 2 rings (SSSR count). The van der Waals surface area contributed by atoms with E-state index < -0.39 is 12.5 Å². The molecule has 1 aromatic heterocycles. The number of aryl methyl sites for hydroxylation is 1. The van der Waals surface area contributed by atoms with Gasteiger partial charge in [0.1, 0.15) is 0 Å². The van der Waals surface area contributed by atoms with Gasteiger partial charge in [-0.2, -0.15) is 8.78 Å². The van der Waals surface area contributed by atoms with E-state index in [9.17, 15) is 13.6 Å². The lowest BCUT2D eigenvalue weighted by Crippen LogP contribution is -2.13. The first-order chi connectivity index (χ1) is 9.45. The predicted octanol–water partition coefficient (Wildman–Crippen LogP) is 3.49. The second kappa shape index (κ2) is 5.87. The van der Waals surface area contributed by atoms with Gasteiger partial charge in [0.05, 0.1) is 11.4 Å². The highest BCUT2D eigenvalue weighted by Gasteiger charge is 2.16. The van der Waals surface area contributed by atoms with Gasteiger partial charge in [0, 0.05) is 17.2 Å². The highest BCUT2D eigenvalue weighted by Crippen LogP contribution is 2.29. The molecule has 0 unspecified atom stereocenters. The van der Waals surface area contributed by atoms with E-state index in [2.05, 4.69) is 15.2 Å². The Morgan fingerprint density at radius 1 is 1.45 bits per heavy atom. The molecule has 2 aromatic rings. The van der Waals surface area contributed by atoms with Crippen LogP contribution in [-0.2, 0) is 0 Å². The molecule has 1 heterocycles. The fraction of sp³-hybridized carbons (Fsp3) is 0.167. The summed E-state index contributed by atoms with van der Waals surface area (Å²) in [5.41, 5.74) is 0.573. The van der Waals surface area contributed by atoms with Crippen LogP contribution < -0.4 is 10.1 Å². The molecular weight excluding hydrogens is 294 g/mol. The minimum atomic E-state index is -3.03. The van der Waals surface area contributed by atoms with Crippen LogP contribution in [0.3, 0.4) is 0 Å². The number of hydrogen-bond acceptors (Lipinski definition) is 4. The summed E-state index contributed by atoms with van der Waals surface area (Å²) in [4.78, 5) is 11.8. The summed E-state index contributed by atoms with van der Waals surface area (Å²) >= 11 is 5.69. The van der Waals surface area contributed by atoms with Crippen LogP contribution in [0.2, 0.25) is 5.02 Å². The number of amides is 1. The molecule has 0 fully saturated rings. The Bertz CT molecular complexity index is 631. The first-order valence-corrected chi connectivity index (χ1v) is 5.82. The van der Waals surface area contributed by atoms with Crippen molar-refractivity contribution < 1.29 is 22.8 Å². The monoisotopic (exact) mass is 302 g/mol. The Morgan fingerprint density at radius 2 is 2.20 bits per heavy atom. The maximum atomic E-state index is 12.3. The molecule has 0 aliphatic heterocycles. The number of rotatable bonds is 4. The summed E-state index contributed by atoms with van der Waals surface area (Å²) in [5, 5.41) is 6.14. The van der Waals surface area contributed by atoms with Crippen molar-refractivity contribution in [2.24, 2.45) is 0 Å². The molecule has 20 heavy (non-hydrogen) atoms. The highest BCUT2D eigenvalue weighted by atomic mass is 35.5. The van der Waals surface area contributed by atoms with Gasteiger partial charge in [0.2, 0.25) is 5.76 Å². The van der Waals surface area contributed by atoms with Crippen molar-refractivity contribution in [3.8, 4) is 5.75 Å². The maximum Gasteiger partial charge on any atom is 0.387 e. The van der Waals surface area contributed by atoms with E-state index in [4.69, 9.17) is 16.1 Å². The number of nitrogens with zero attached hydrogens (tertiary/aromatic N) is 1. The molecule has 106 valence electrons. The van der Waals surface area contributed by atoms with E-state index in [-0.39, 0.29) is 22.2 Å². The fourth-order valence-corrected chi connectivity index (χ4v) is 1.61. The molecule has 0 saturated carbocycles. The molecular formula is C12H9ClF2N2O3. The van der Waals surface area contributed by atoms with Crippen molar-refractivity contribution >= 4 is 23.2 Å². The number of nitrogens with one attached hydrogen (secondary N) is 1. The fourth-order valence-electron chi connectivity index (χ4n) is 1.45. The number of anilines is 1. The van der Waals surface area contributed by atoms with Crippen molar-refractivity contribution in [1.29, 1.82) is 0 Å². The second-order valence-electron chi connectivity index (χ2n) is 3.81. The van der Waals surface area contributed by atoms with Crippen LogP contribution in [0.15, 0.2) is 28.8 Å². The van der Waals surface area contributed by atoms with Gasteiger partial charge in [0.25, 0.3) is 5.91 Å². The highest BCUT2D eigenvalue weighted by molar-refractivity contribution is 6.30. The number of alkyl halides is 2. The zero-order valence-corrected chi connectivity index (χ0v) is 10.9. The van der Waals surface area contributed by atoms with Crippen LogP contribution in [0.4, 0.5) is 14.5 Å². The number of benzene rings is 1. The van der Waals surface area contributed by atoms with Crippen LogP contribution in [-0.4, -0.2) is 17.7 Å². The number of carbonyl (C=O) groups excluding carboxylic acids is 1. The van der Waals surface area contributed by atoms with Gasteiger partial charge in [-0.05, 0) is 19.1 Å². The number of carbonyl (C=O) groups is 1. The van der Waals surface area contributed by atoms with Gasteiger partial charge in [-0.25, -0.2) is 0 Å². The quantitative estimate of drug-likeness (QED) is 0.939. The molecule has 0 aliphatic carbocycles. The van der Waals surface area contributed by atoms with Gasteiger partial charge >= 0.3 is 6.61 Å². The first-order valence-electron chi connectivity index (χ1n) is 5.45. The second-order valence-corrected chi connectivity index (χ2v) is 4.24. The first kappa shape index (κ1) is 14.3. The minimum Gasteiger partial charge on any atom is -0.433 e. The summed E-state index contributed by atoms with van der Waals surface area (Å²) in [6.07, 6.45) is 0. The molecule has 1 amide bonds. The van der Waals surface area contributed by atoms with Gasteiger partial charge in [-0.3, -0.25) is 4.79 Å².